The fraction of sp³-hybridized carbons (Fsp3) is 0.200. The summed E-state index contributed by atoms with van der Waals surface area (Å²) >= 11 is 0. The van der Waals surface area contributed by atoms with Crippen molar-refractivity contribution < 1.29 is 9.53 Å². The van der Waals surface area contributed by atoms with Crippen molar-refractivity contribution in [2.45, 2.75) is 0 Å². The lowest BCUT2D eigenvalue weighted by atomic mass is 10.2. The second-order valence-corrected chi connectivity index (χ2v) is 4.35. The molecule has 7 nitrogen and oxygen atoms in total. The van der Waals surface area contributed by atoms with Crippen molar-refractivity contribution in [1.29, 1.82) is 5.26 Å². The molecular formula is C15H15N5O2. The smallest absolute Gasteiger partial charge is 0.275 e. The first kappa shape index (κ1) is 15.4. The first-order valence-corrected chi connectivity index (χ1v) is 6.59. The molecule has 22 heavy (non-hydrogen) atoms. The standard InChI is InChI=1S/C15H15N5O2/c1-22-6-5-17-14-10-18-13(9-19-14)15(21)20-12-4-2-3-11(7-12)8-16/h2-4,7,9-10H,5-6H2,1H3,(H,17,19)(H,20,21). The van der Waals surface area contributed by atoms with Gasteiger partial charge in [-0.1, -0.05) is 6.07 Å². The summed E-state index contributed by atoms with van der Waals surface area (Å²) in [5.41, 5.74) is 1.20. The molecule has 1 aromatic carbocycles. The van der Waals surface area contributed by atoms with Crippen LogP contribution in [-0.4, -0.2) is 36.1 Å². The van der Waals surface area contributed by atoms with Gasteiger partial charge >= 0.3 is 0 Å². The van der Waals surface area contributed by atoms with Gasteiger partial charge in [-0.2, -0.15) is 5.26 Å². The van der Waals surface area contributed by atoms with Gasteiger partial charge in [-0.05, 0) is 18.2 Å². The molecule has 1 aromatic heterocycles. The van der Waals surface area contributed by atoms with Crippen LogP contribution in [0.2, 0.25) is 0 Å². The number of rotatable bonds is 6. The topological polar surface area (TPSA) is 99.9 Å². The number of aromatic nitrogens is 2. The summed E-state index contributed by atoms with van der Waals surface area (Å²) in [7, 11) is 1.61. The normalized spacial score (nSPS) is 9.82. The third kappa shape index (κ3) is 4.26. The molecule has 2 aromatic rings. The van der Waals surface area contributed by atoms with E-state index in [4.69, 9.17) is 10.00 Å². The lowest BCUT2D eigenvalue weighted by Crippen LogP contribution is -2.15. The van der Waals surface area contributed by atoms with Gasteiger partial charge in [0, 0.05) is 19.3 Å². The fourth-order valence-corrected chi connectivity index (χ4v) is 1.68. The largest absolute Gasteiger partial charge is 0.383 e. The number of nitriles is 1. The first-order valence-electron chi connectivity index (χ1n) is 6.59. The SMILES string of the molecule is COCCNc1cnc(C(=O)Nc2cccc(C#N)c2)cn1. The van der Waals surface area contributed by atoms with Gasteiger partial charge in [-0.15, -0.1) is 0 Å². The third-order valence-electron chi connectivity index (χ3n) is 2.75. The van der Waals surface area contributed by atoms with Crippen LogP contribution >= 0.6 is 0 Å². The summed E-state index contributed by atoms with van der Waals surface area (Å²) in [6, 6.07) is 8.66. The molecule has 2 rings (SSSR count). The molecular weight excluding hydrogens is 282 g/mol. The monoisotopic (exact) mass is 297 g/mol. The van der Waals surface area contributed by atoms with E-state index in [-0.39, 0.29) is 11.6 Å². The van der Waals surface area contributed by atoms with Gasteiger partial charge in [0.15, 0.2) is 0 Å². The number of methoxy groups -OCH3 is 1. The molecule has 2 N–H and O–H groups in total. The maximum Gasteiger partial charge on any atom is 0.275 e. The Balaban J connectivity index is 1.99. The van der Waals surface area contributed by atoms with Crippen LogP contribution in [0.1, 0.15) is 16.1 Å². The zero-order chi connectivity index (χ0) is 15.8. The van der Waals surface area contributed by atoms with E-state index < -0.39 is 0 Å². The fourth-order valence-electron chi connectivity index (χ4n) is 1.68. The lowest BCUT2D eigenvalue weighted by molar-refractivity contribution is 0.102. The Morgan fingerprint density at radius 3 is 2.91 bits per heavy atom. The van der Waals surface area contributed by atoms with Crippen molar-refractivity contribution in [2.75, 3.05) is 30.9 Å². The maximum absolute atomic E-state index is 12.0. The number of nitrogens with one attached hydrogen (secondary N) is 2. The van der Waals surface area contributed by atoms with Crippen molar-refractivity contribution in [2.24, 2.45) is 0 Å². The molecule has 0 saturated heterocycles. The molecule has 7 heteroatoms. The summed E-state index contributed by atoms with van der Waals surface area (Å²) in [5.74, 6) is 0.186. The van der Waals surface area contributed by atoms with Gasteiger partial charge in [0.1, 0.15) is 11.5 Å². The Labute approximate surface area is 128 Å². The minimum Gasteiger partial charge on any atom is -0.383 e. The molecule has 0 radical (unpaired) electrons. The van der Waals surface area contributed by atoms with Crippen LogP contribution < -0.4 is 10.6 Å². The molecule has 1 heterocycles. The first-order chi connectivity index (χ1) is 10.7. The van der Waals surface area contributed by atoms with Gasteiger partial charge < -0.3 is 15.4 Å². The molecule has 0 bridgehead atoms. The number of hydrogen-bond donors (Lipinski definition) is 2. The Kier molecular flexibility index (Phi) is 5.40. The highest BCUT2D eigenvalue weighted by Gasteiger charge is 2.08. The van der Waals surface area contributed by atoms with Crippen molar-refractivity contribution in [3.05, 3.63) is 47.9 Å². The van der Waals surface area contributed by atoms with Crippen LogP contribution in [0.3, 0.4) is 0 Å². The van der Waals surface area contributed by atoms with Gasteiger partial charge in [-0.25, -0.2) is 9.97 Å². The van der Waals surface area contributed by atoms with Crippen LogP contribution in [-0.2, 0) is 4.74 Å². The zero-order valence-electron chi connectivity index (χ0n) is 12.0. The number of ether oxygens (including phenoxy) is 1. The van der Waals surface area contributed by atoms with E-state index in [0.717, 1.165) is 0 Å². The summed E-state index contributed by atoms with van der Waals surface area (Å²) < 4.78 is 4.91. The number of carbonyl (C=O) groups excluding carboxylic acids is 1. The highest BCUT2D eigenvalue weighted by atomic mass is 16.5. The highest BCUT2D eigenvalue weighted by Crippen LogP contribution is 2.11. The highest BCUT2D eigenvalue weighted by molar-refractivity contribution is 6.02. The van der Waals surface area contributed by atoms with Crippen molar-refractivity contribution >= 4 is 17.4 Å². The van der Waals surface area contributed by atoms with Crippen LogP contribution in [0.15, 0.2) is 36.7 Å². The number of benzene rings is 1. The molecule has 0 aliphatic carbocycles. The van der Waals surface area contributed by atoms with E-state index in [1.807, 2.05) is 6.07 Å². The Morgan fingerprint density at radius 1 is 1.36 bits per heavy atom. The second kappa shape index (κ2) is 7.71. The van der Waals surface area contributed by atoms with E-state index >= 15 is 0 Å². The molecule has 0 fully saturated rings. The maximum atomic E-state index is 12.0. The van der Waals surface area contributed by atoms with E-state index in [1.165, 1.54) is 12.4 Å². The van der Waals surface area contributed by atoms with Gasteiger partial charge in [-0.3, -0.25) is 4.79 Å². The third-order valence-corrected chi connectivity index (χ3v) is 2.75. The molecule has 1 amide bonds. The minimum atomic E-state index is -0.383. The number of anilines is 2. The molecule has 0 atom stereocenters. The lowest BCUT2D eigenvalue weighted by Gasteiger charge is -2.06. The van der Waals surface area contributed by atoms with Crippen LogP contribution in [0.5, 0.6) is 0 Å². The van der Waals surface area contributed by atoms with E-state index in [1.54, 1.807) is 31.4 Å². The van der Waals surface area contributed by atoms with E-state index in [0.29, 0.717) is 30.2 Å². The number of carbonyl (C=O) groups is 1. The van der Waals surface area contributed by atoms with Crippen LogP contribution in [0.4, 0.5) is 11.5 Å². The van der Waals surface area contributed by atoms with Gasteiger partial charge in [0.05, 0.1) is 30.6 Å². The van der Waals surface area contributed by atoms with E-state index in [2.05, 4.69) is 20.6 Å². The van der Waals surface area contributed by atoms with Gasteiger partial charge in [0.2, 0.25) is 0 Å². The van der Waals surface area contributed by atoms with Crippen LogP contribution in [0.25, 0.3) is 0 Å². The minimum absolute atomic E-state index is 0.194. The number of hydrogen-bond acceptors (Lipinski definition) is 6. The average molecular weight is 297 g/mol. The zero-order valence-corrected chi connectivity index (χ0v) is 12.0. The Hall–Kier alpha value is -2.98. The average Bonchev–Trinajstić information content (AvgIpc) is 2.56. The quantitative estimate of drug-likeness (QED) is 0.786. The predicted molar refractivity (Wildman–Crippen MR) is 81.5 cm³/mol. The second-order valence-electron chi connectivity index (χ2n) is 4.35. The Morgan fingerprint density at radius 2 is 2.23 bits per heavy atom. The molecule has 0 unspecified atom stereocenters. The van der Waals surface area contributed by atoms with Gasteiger partial charge in [0.25, 0.3) is 5.91 Å². The van der Waals surface area contributed by atoms with Crippen molar-refractivity contribution in [1.82, 2.24) is 9.97 Å². The molecule has 0 aliphatic heterocycles. The van der Waals surface area contributed by atoms with Crippen LogP contribution in [0, 0.1) is 11.3 Å². The van der Waals surface area contributed by atoms with Crippen molar-refractivity contribution in [3.8, 4) is 6.07 Å². The summed E-state index contributed by atoms with van der Waals surface area (Å²) in [5, 5.41) is 14.5. The molecule has 0 saturated carbocycles. The number of amides is 1. The van der Waals surface area contributed by atoms with Crippen molar-refractivity contribution in [3.63, 3.8) is 0 Å². The molecule has 112 valence electrons. The molecule has 0 spiro atoms. The van der Waals surface area contributed by atoms with E-state index in [9.17, 15) is 4.79 Å². The summed E-state index contributed by atoms with van der Waals surface area (Å²) in [4.78, 5) is 20.2. The summed E-state index contributed by atoms with van der Waals surface area (Å²) in [6.45, 7) is 1.16. The number of nitrogens with zero attached hydrogens (tertiary/aromatic N) is 3. The Bertz CT molecular complexity index is 679. The predicted octanol–water partition coefficient (Wildman–Crippen LogP) is 1.66. The molecule has 0 aliphatic rings. The summed E-state index contributed by atoms with van der Waals surface area (Å²) in [6.07, 6.45) is 2.87.